The van der Waals surface area contributed by atoms with Crippen LogP contribution in [0, 0.1) is 23.7 Å². The van der Waals surface area contributed by atoms with Crippen LogP contribution in [0.5, 0.6) is 0 Å². The van der Waals surface area contributed by atoms with Crippen molar-refractivity contribution in [2.24, 2.45) is 23.7 Å². The molecule has 0 unspecified atom stereocenters. The number of aliphatic hydroxyl groups excluding tert-OH is 3. The van der Waals surface area contributed by atoms with Gasteiger partial charge in [-0.3, -0.25) is 53.9 Å². The Morgan fingerprint density at radius 3 is 1.44 bits per heavy atom. The molecule has 8 atom stereocenters. The van der Waals surface area contributed by atoms with E-state index in [-0.39, 0.29) is 82.4 Å². The van der Waals surface area contributed by atoms with Crippen LogP contribution in [0.15, 0.2) is 52.8 Å². The molecule has 2 aliphatic rings. The zero-order chi connectivity index (χ0) is 46.3. The minimum Gasteiger partial charge on any atom is -0.394 e. The van der Waals surface area contributed by atoms with Crippen molar-refractivity contribution in [3.63, 3.8) is 0 Å². The number of amides is 2. The Labute approximate surface area is 356 Å². The molecule has 0 saturated carbocycles. The Balaban J connectivity index is 0.000000262. The molecule has 2 saturated heterocycles. The maximum Gasteiger partial charge on any atom is 0.324 e. The number of aromatic nitrogens is 9. The molecule has 2 amide bonds. The summed E-state index contributed by atoms with van der Waals surface area (Å²) in [5.74, 6) is -1.38. The number of hydrogen-bond donors (Lipinski definition) is 9. The second-order valence-electron chi connectivity index (χ2n) is 14.4. The Bertz CT molecular complexity index is 2170. The van der Waals surface area contributed by atoms with Crippen LogP contribution in [0.25, 0.3) is 22.3 Å². The lowest BCUT2D eigenvalue weighted by molar-refractivity contribution is -0.119. The monoisotopic (exact) mass is 907 g/mol. The molecule has 0 radical (unpaired) electrons. The van der Waals surface area contributed by atoms with Crippen molar-refractivity contribution in [3.05, 3.63) is 64.0 Å². The van der Waals surface area contributed by atoms with Crippen LogP contribution in [-0.4, -0.2) is 112 Å². The smallest absolute Gasteiger partial charge is 0.324 e. The molecule has 0 spiro atoms. The summed E-state index contributed by atoms with van der Waals surface area (Å²) in [5.41, 5.74) is -0.338. The molecule has 62 heavy (non-hydrogen) atoms. The largest absolute Gasteiger partial charge is 0.394 e. The first kappa shape index (κ1) is 51.1. The van der Waals surface area contributed by atoms with Gasteiger partial charge in [-0.2, -0.15) is 9.97 Å². The maximum absolute atomic E-state index is 12.2. The highest BCUT2D eigenvalue weighted by molar-refractivity contribution is 7.16. The van der Waals surface area contributed by atoms with Gasteiger partial charge in [-0.25, -0.2) is 19.1 Å². The third-order valence-corrected chi connectivity index (χ3v) is 9.56. The Hall–Kier alpha value is -5.29. The number of ether oxygens (including phenoxy) is 2. The highest BCUT2D eigenvalue weighted by Gasteiger charge is 2.43. The number of fused-ring (bicyclic) bond motifs is 2. The highest BCUT2D eigenvalue weighted by Crippen LogP contribution is 2.37. The first-order valence-electron chi connectivity index (χ1n) is 19.1. The van der Waals surface area contributed by atoms with Crippen molar-refractivity contribution in [2.75, 3.05) is 17.2 Å². The van der Waals surface area contributed by atoms with E-state index in [9.17, 15) is 34.5 Å². The highest BCUT2D eigenvalue weighted by atomic mass is 31.1. The molecule has 9 N–H and O–H groups in total. The summed E-state index contributed by atoms with van der Waals surface area (Å²) in [6.45, 7) is 12.4. The molecule has 0 bridgehead atoms. The number of aliphatic hydroxyl groups is 3. The third-order valence-electron chi connectivity index (χ3n) is 9.56. The van der Waals surface area contributed by atoms with E-state index in [0.29, 0.717) is 0 Å². The molecular formula is C36H51N11O13P2. The zero-order valence-electron chi connectivity index (χ0n) is 34.8. The van der Waals surface area contributed by atoms with Gasteiger partial charge >= 0.3 is 17.4 Å². The molecule has 0 aromatic carbocycles. The van der Waals surface area contributed by atoms with Crippen LogP contribution in [-0.2, 0) is 28.2 Å². The number of aromatic amines is 2. The average Bonchev–Trinajstić information content (AvgIpc) is 4.00. The second-order valence-corrected chi connectivity index (χ2v) is 14.7. The van der Waals surface area contributed by atoms with E-state index in [4.69, 9.17) is 28.4 Å². The summed E-state index contributed by atoms with van der Waals surface area (Å²) >= 11 is 0. The van der Waals surface area contributed by atoms with Gasteiger partial charge in [0.25, 0.3) is 11.1 Å². The molecule has 5 aromatic rings. The number of hydrogen-bond acceptors (Lipinski definition) is 16. The van der Waals surface area contributed by atoms with E-state index in [0.717, 1.165) is 6.42 Å². The Morgan fingerprint density at radius 2 is 1.15 bits per heavy atom. The number of imidazole rings is 2. The molecule has 7 heterocycles. The van der Waals surface area contributed by atoms with Gasteiger partial charge in [-0.05, 0) is 18.6 Å². The van der Waals surface area contributed by atoms with Crippen LogP contribution in [0.1, 0.15) is 67.3 Å². The summed E-state index contributed by atoms with van der Waals surface area (Å²) in [6, 6.07) is 5.72. The number of carbonyl (C=O) groups is 2. The van der Waals surface area contributed by atoms with Gasteiger partial charge in [0.1, 0.15) is 12.2 Å². The molecule has 2 aliphatic heterocycles. The molecular weight excluding hydrogens is 856 g/mol. The molecule has 7 rings (SSSR count). The summed E-state index contributed by atoms with van der Waals surface area (Å²) in [4.78, 5) is 87.4. The minimum absolute atomic E-state index is 0.00260. The normalized spacial score (nSPS) is 22.8. The van der Waals surface area contributed by atoms with Gasteiger partial charge in [0.15, 0.2) is 34.8 Å². The van der Waals surface area contributed by atoms with Crippen LogP contribution in [0.2, 0.25) is 0 Å². The van der Waals surface area contributed by atoms with Crippen molar-refractivity contribution in [3.8, 4) is 0 Å². The van der Waals surface area contributed by atoms with Gasteiger partial charge in [-0.15, -0.1) is 0 Å². The molecule has 26 heteroatoms. The first-order valence-corrected chi connectivity index (χ1v) is 20.6. The summed E-state index contributed by atoms with van der Waals surface area (Å²) < 4.78 is 31.5. The fourth-order valence-corrected chi connectivity index (χ4v) is 6.04. The number of rotatable bonds is 8. The number of H-pyrrole nitrogens is 2. The first-order chi connectivity index (χ1) is 29.5. The number of carbonyl (C=O) groups excluding carboxylic acids is 2. The average molecular weight is 908 g/mol. The van der Waals surface area contributed by atoms with Gasteiger partial charge in [0.05, 0.1) is 31.5 Å². The molecule has 5 aromatic heterocycles. The molecule has 0 aliphatic carbocycles. The third kappa shape index (κ3) is 12.9. The van der Waals surface area contributed by atoms with Crippen molar-refractivity contribution in [1.82, 2.24) is 44.0 Å². The van der Waals surface area contributed by atoms with Crippen LogP contribution < -0.4 is 21.8 Å². The SMILES string of the molecule is CC(C)C(=O)Nc1nc2c(ncn2[C@@H]2O[C@H](CO)[C@@H](C)[C@@H]2O)c(=O)[nH]1.CC[C@H]1O[C@@H](n2cnc3c(=O)[nH]c(NC(=O)C(C)C)nc32)[C@@H](O)[C@@H]1C.O=PO.O=PO.c1ccncc1. The topological polar surface area (TPSA) is 352 Å². The summed E-state index contributed by atoms with van der Waals surface area (Å²) in [5, 5.41) is 35.3. The van der Waals surface area contributed by atoms with Gasteiger partial charge in [0.2, 0.25) is 23.7 Å². The van der Waals surface area contributed by atoms with Crippen molar-refractivity contribution >= 4 is 63.4 Å². The Kier molecular flexibility index (Phi) is 20.1. The van der Waals surface area contributed by atoms with Gasteiger partial charge in [-0.1, -0.05) is 54.5 Å². The minimum atomic E-state index is -0.899. The van der Waals surface area contributed by atoms with E-state index in [1.165, 1.54) is 17.2 Å². The van der Waals surface area contributed by atoms with Crippen molar-refractivity contribution in [2.45, 2.75) is 91.8 Å². The molecule has 338 valence electrons. The van der Waals surface area contributed by atoms with E-state index in [1.807, 2.05) is 32.0 Å². The van der Waals surface area contributed by atoms with E-state index in [1.54, 1.807) is 51.6 Å². The number of pyridine rings is 1. The maximum atomic E-state index is 12.2. The van der Waals surface area contributed by atoms with E-state index < -0.39 is 59.3 Å². The van der Waals surface area contributed by atoms with Crippen LogP contribution in [0.4, 0.5) is 11.9 Å². The number of nitrogens with zero attached hydrogens (tertiary/aromatic N) is 7. The summed E-state index contributed by atoms with van der Waals surface area (Å²) in [7, 11) is -1.67. The number of anilines is 2. The quantitative estimate of drug-likeness (QED) is 0.101. The van der Waals surface area contributed by atoms with E-state index >= 15 is 0 Å². The fourth-order valence-electron chi connectivity index (χ4n) is 6.04. The standard InChI is InChI=1S/C16H23N5O4.C15H21N5O5.C5H5N.2HO2P/c1-5-9-8(4)11(22)15(25-9)21-6-17-10-12(21)18-16(20-14(10)24)19-13(23)7(2)3;1-6(2)12(23)18-15-17-11-9(13(24)19-15)16-5-20(11)14-10(22)7(3)8(4-21)25-14;1-2-4-6-5-3-1;2*1-3-2/h6-9,11,15,22H,5H2,1-4H3,(H2,18,19,20,23,24);5-8,10,14,21-22H,4H2,1-3H3,(H2,17,18,19,23,24);1-5H;2*(H,1,2)/t8-,9-,11+,15-;7-,8-,10+,14-;;;/m11.../s1. The lowest BCUT2D eigenvalue weighted by Gasteiger charge is -2.17. The van der Waals surface area contributed by atoms with E-state index in [2.05, 4.69) is 45.5 Å². The predicted octanol–water partition coefficient (Wildman–Crippen LogP) is 2.07. The van der Waals surface area contributed by atoms with Gasteiger partial charge in [0, 0.05) is 36.1 Å². The summed E-state index contributed by atoms with van der Waals surface area (Å²) in [6.07, 6.45) is 3.29. The molecule has 24 nitrogen and oxygen atoms in total. The van der Waals surface area contributed by atoms with Crippen molar-refractivity contribution in [1.29, 1.82) is 0 Å². The Morgan fingerprint density at radius 1 is 0.758 bits per heavy atom. The second kappa shape index (κ2) is 24.4. The van der Waals surface area contributed by atoms with Crippen molar-refractivity contribution < 1.29 is 53.3 Å². The zero-order valence-corrected chi connectivity index (χ0v) is 36.5. The van der Waals surface area contributed by atoms with Crippen LogP contribution in [0.3, 0.4) is 0 Å². The van der Waals surface area contributed by atoms with Gasteiger partial charge < -0.3 is 34.6 Å². The fraction of sp³-hybridized carbons (Fsp3) is 0.528. The lowest BCUT2D eigenvalue weighted by Crippen LogP contribution is -2.26. The van der Waals surface area contributed by atoms with Crippen LogP contribution >= 0.6 is 17.4 Å². The lowest BCUT2D eigenvalue weighted by atomic mass is 9.99. The predicted molar refractivity (Wildman–Crippen MR) is 223 cm³/mol. The number of nitrogens with one attached hydrogen (secondary N) is 4. The molecule has 2 fully saturated rings.